The Morgan fingerprint density at radius 3 is 1.31 bits per heavy atom. The molecule has 0 heterocycles. The Morgan fingerprint density at radius 2 is 0.923 bits per heavy atom. The number of rotatable bonds is 2. The second-order valence-electron chi connectivity index (χ2n) is 4.55. The van der Waals surface area contributed by atoms with Crippen molar-refractivity contribution < 1.29 is 17.1 Å². The van der Waals surface area contributed by atoms with E-state index in [1.807, 2.05) is 0 Å². The molecule has 0 saturated heterocycles. The van der Waals surface area contributed by atoms with E-state index in [1.165, 1.54) is 21.9 Å². The summed E-state index contributed by atoms with van der Waals surface area (Å²) in [5, 5.41) is 0. The van der Waals surface area contributed by atoms with Gasteiger partial charge in [0, 0.05) is 0 Å². The summed E-state index contributed by atoms with van der Waals surface area (Å²) < 4.78 is 2.42. The van der Waals surface area contributed by atoms with Crippen molar-refractivity contribution in [2.24, 2.45) is 0 Å². The van der Waals surface area contributed by atoms with Crippen molar-refractivity contribution in [3.8, 4) is 0 Å². The van der Waals surface area contributed by atoms with E-state index in [-0.39, 0.29) is 0 Å². The number of hydrogen-bond donors (Lipinski definition) is 0. The molecular formula is C12H22Ru. The van der Waals surface area contributed by atoms with E-state index in [0.717, 1.165) is 17.1 Å². The minimum atomic E-state index is 0.765. The van der Waals surface area contributed by atoms with Crippen molar-refractivity contribution in [1.29, 1.82) is 0 Å². The average molecular weight is 267 g/mol. The second-order valence-corrected chi connectivity index (χ2v) is 7.97. The molecule has 2 fully saturated rings. The molecule has 0 bridgehead atoms. The maximum atomic E-state index is 1.59. The van der Waals surface area contributed by atoms with Gasteiger partial charge >= 0.3 is 90.4 Å². The van der Waals surface area contributed by atoms with Crippen LogP contribution >= 0.6 is 0 Å². The van der Waals surface area contributed by atoms with E-state index < -0.39 is 0 Å². The van der Waals surface area contributed by atoms with Gasteiger partial charge in [-0.1, -0.05) is 0 Å². The molecule has 0 aromatic heterocycles. The first-order valence-corrected chi connectivity index (χ1v) is 8.05. The Kier molecular flexibility index (Phi) is 4.29. The first kappa shape index (κ1) is 10.2. The molecule has 0 aromatic carbocycles. The summed E-state index contributed by atoms with van der Waals surface area (Å²) >= 11 is 0.765. The molecule has 0 spiro atoms. The summed E-state index contributed by atoms with van der Waals surface area (Å²) in [6, 6.07) is 0. The van der Waals surface area contributed by atoms with Crippen LogP contribution in [-0.4, -0.2) is 0 Å². The van der Waals surface area contributed by atoms with Crippen LogP contribution in [0.25, 0.3) is 0 Å². The minimum absolute atomic E-state index is 0.765. The fourth-order valence-electron chi connectivity index (χ4n) is 2.56. The molecule has 2 aliphatic rings. The van der Waals surface area contributed by atoms with Crippen LogP contribution in [0, 0.1) is 0 Å². The molecule has 0 nitrogen and oxygen atoms in total. The van der Waals surface area contributed by atoms with Gasteiger partial charge < -0.3 is 0 Å². The topological polar surface area (TPSA) is 0 Å². The van der Waals surface area contributed by atoms with Gasteiger partial charge in [-0.2, -0.15) is 0 Å². The zero-order chi connectivity index (χ0) is 8.93. The molecule has 1 heteroatoms. The molecule has 2 saturated carbocycles. The second kappa shape index (κ2) is 5.49. The van der Waals surface area contributed by atoms with E-state index in [1.54, 1.807) is 51.4 Å². The van der Waals surface area contributed by atoms with Crippen LogP contribution in [0.2, 0.25) is 9.02 Å². The zero-order valence-corrected chi connectivity index (χ0v) is 10.3. The Morgan fingerprint density at radius 1 is 0.538 bits per heavy atom. The molecule has 2 rings (SSSR count). The molecule has 2 aliphatic carbocycles. The molecule has 0 atom stereocenters. The Labute approximate surface area is 90.5 Å². The van der Waals surface area contributed by atoms with Gasteiger partial charge in [0.2, 0.25) is 0 Å². The fraction of sp³-hybridized carbons (Fsp3) is 1.00. The third-order valence-electron chi connectivity index (χ3n) is 3.37. The summed E-state index contributed by atoms with van der Waals surface area (Å²) in [4.78, 5) is 0. The average Bonchev–Trinajstić information content (AvgIpc) is 2.21. The Bertz CT molecular complexity index is 116. The van der Waals surface area contributed by atoms with Gasteiger partial charge in [0.15, 0.2) is 0 Å². The van der Waals surface area contributed by atoms with E-state index in [9.17, 15) is 0 Å². The van der Waals surface area contributed by atoms with Crippen LogP contribution in [-0.2, 0) is 17.1 Å². The summed E-state index contributed by atoms with van der Waals surface area (Å²) in [5.41, 5.74) is 0. The molecule has 0 N–H and O–H groups in total. The normalized spacial score (nSPS) is 28.0. The summed E-state index contributed by atoms with van der Waals surface area (Å²) in [6.45, 7) is 0. The quantitative estimate of drug-likeness (QED) is 0.643. The van der Waals surface area contributed by atoms with E-state index in [4.69, 9.17) is 0 Å². The summed E-state index contributed by atoms with van der Waals surface area (Å²) in [6.07, 6.45) is 15.6. The van der Waals surface area contributed by atoms with Gasteiger partial charge in [0.25, 0.3) is 0 Å². The monoisotopic (exact) mass is 268 g/mol. The Balaban J connectivity index is 1.69. The van der Waals surface area contributed by atoms with Crippen LogP contribution in [0.5, 0.6) is 0 Å². The molecule has 0 unspecified atom stereocenters. The molecule has 0 aliphatic heterocycles. The standard InChI is InChI=1S/2C6H11.Ru/c2*1-2-4-6-5-3-1;/h2*1H,2-6H2;. The third kappa shape index (κ3) is 3.35. The van der Waals surface area contributed by atoms with Crippen molar-refractivity contribution in [2.75, 3.05) is 0 Å². The fourth-order valence-corrected chi connectivity index (χ4v) is 6.29. The molecule has 0 radical (unpaired) electrons. The Hall–Kier alpha value is 0.623. The van der Waals surface area contributed by atoms with Gasteiger partial charge in [0.1, 0.15) is 0 Å². The van der Waals surface area contributed by atoms with Crippen LogP contribution in [0.3, 0.4) is 0 Å². The van der Waals surface area contributed by atoms with Gasteiger partial charge in [-0.15, -0.1) is 0 Å². The van der Waals surface area contributed by atoms with Gasteiger partial charge in [-0.3, -0.25) is 0 Å². The van der Waals surface area contributed by atoms with Crippen molar-refractivity contribution in [3.05, 3.63) is 0 Å². The summed E-state index contributed by atoms with van der Waals surface area (Å²) in [5.74, 6) is 0. The van der Waals surface area contributed by atoms with Crippen molar-refractivity contribution in [1.82, 2.24) is 0 Å². The molecule has 0 aromatic rings. The SMILES string of the molecule is C1CC[CH]([Ru][CH]2CCCCC2)CC1. The van der Waals surface area contributed by atoms with Gasteiger partial charge in [0.05, 0.1) is 0 Å². The number of hydrogen-bond acceptors (Lipinski definition) is 0. The van der Waals surface area contributed by atoms with Crippen molar-refractivity contribution in [2.45, 2.75) is 73.2 Å². The van der Waals surface area contributed by atoms with Crippen LogP contribution < -0.4 is 0 Å². The first-order valence-electron chi connectivity index (χ1n) is 6.04. The van der Waals surface area contributed by atoms with Crippen molar-refractivity contribution >= 4 is 0 Å². The molecular weight excluding hydrogens is 245 g/mol. The van der Waals surface area contributed by atoms with Crippen LogP contribution in [0.15, 0.2) is 0 Å². The third-order valence-corrected chi connectivity index (χ3v) is 7.02. The van der Waals surface area contributed by atoms with E-state index in [2.05, 4.69) is 0 Å². The zero-order valence-electron chi connectivity index (χ0n) is 8.58. The predicted molar refractivity (Wildman–Crippen MR) is 53.7 cm³/mol. The van der Waals surface area contributed by atoms with E-state index >= 15 is 0 Å². The molecule has 13 heavy (non-hydrogen) atoms. The van der Waals surface area contributed by atoms with Gasteiger partial charge in [-0.25, -0.2) is 0 Å². The van der Waals surface area contributed by atoms with Gasteiger partial charge in [-0.05, 0) is 0 Å². The van der Waals surface area contributed by atoms with Crippen LogP contribution in [0.1, 0.15) is 64.2 Å². The molecule has 78 valence electrons. The summed E-state index contributed by atoms with van der Waals surface area (Å²) in [7, 11) is 0. The maximum absolute atomic E-state index is 1.59. The van der Waals surface area contributed by atoms with Crippen molar-refractivity contribution in [3.63, 3.8) is 0 Å². The molecule has 0 amide bonds. The first-order chi connectivity index (χ1) is 6.45. The van der Waals surface area contributed by atoms with E-state index in [0.29, 0.717) is 0 Å². The predicted octanol–water partition coefficient (Wildman–Crippen LogP) is 4.57. The van der Waals surface area contributed by atoms with Crippen LogP contribution in [0.4, 0.5) is 0 Å².